The third kappa shape index (κ3) is 3.38. The van der Waals surface area contributed by atoms with Crippen LogP contribution in [-0.4, -0.2) is 35.5 Å². The van der Waals surface area contributed by atoms with Gasteiger partial charge in [-0.2, -0.15) is 0 Å². The summed E-state index contributed by atoms with van der Waals surface area (Å²) in [5, 5.41) is 2.03. The van der Waals surface area contributed by atoms with Crippen LogP contribution in [0.5, 0.6) is 28.7 Å². The van der Waals surface area contributed by atoms with Crippen molar-refractivity contribution in [1.82, 2.24) is 0 Å². The summed E-state index contributed by atoms with van der Waals surface area (Å²) in [7, 11) is 8.00. The van der Waals surface area contributed by atoms with Gasteiger partial charge in [-0.15, -0.1) is 4.37 Å². The quantitative estimate of drug-likeness (QED) is 0.614. The van der Waals surface area contributed by atoms with Crippen LogP contribution >= 0.6 is 11.5 Å². The summed E-state index contributed by atoms with van der Waals surface area (Å²) in [4.78, 5) is 0. The molecule has 0 saturated carbocycles. The molecule has 0 amide bonds. The van der Waals surface area contributed by atoms with E-state index in [2.05, 4.69) is 4.37 Å². The van der Waals surface area contributed by atoms with Crippen LogP contribution in [0.3, 0.4) is 0 Å². The van der Waals surface area contributed by atoms with Gasteiger partial charge in [-0.05, 0) is 30.3 Å². The maximum atomic E-state index is 5.67. The normalized spacial score (nSPS) is 10.4. The van der Waals surface area contributed by atoms with Crippen LogP contribution in [0.2, 0.25) is 0 Å². The number of benzene rings is 2. The van der Waals surface area contributed by atoms with Gasteiger partial charge in [-0.3, -0.25) is 0 Å². The predicted molar refractivity (Wildman–Crippen MR) is 105 cm³/mol. The van der Waals surface area contributed by atoms with Crippen LogP contribution in [0, 0.1) is 0 Å². The molecule has 0 unspecified atom stereocenters. The lowest BCUT2D eigenvalue weighted by molar-refractivity contribution is -0.275. The fraction of sp³-hybridized carbons (Fsp3) is 0.250. The third-order valence-corrected chi connectivity index (χ3v) is 4.94. The lowest BCUT2D eigenvalue weighted by Gasteiger charge is -2.18. The third-order valence-electron chi connectivity index (χ3n) is 4.26. The van der Waals surface area contributed by atoms with Crippen LogP contribution in [-0.2, 0) is 0 Å². The molecule has 6 nitrogen and oxygen atoms in total. The summed E-state index contributed by atoms with van der Waals surface area (Å²) in [6.45, 7) is 0. The summed E-state index contributed by atoms with van der Waals surface area (Å²) >= 11 is 1.50. The molecule has 0 fully saturated rings. The molecule has 1 heterocycles. The Hall–Kier alpha value is -2.93. The van der Waals surface area contributed by atoms with Gasteiger partial charge in [-0.25, -0.2) is 0 Å². The Morgan fingerprint density at radius 2 is 1.37 bits per heavy atom. The van der Waals surface area contributed by atoms with Crippen LogP contribution < -0.4 is 28.1 Å². The Balaban J connectivity index is 2.21. The molecular formula is C20H22NO5S+. The van der Waals surface area contributed by atoms with Crippen molar-refractivity contribution in [2.24, 2.45) is 0 Å². The minimum absolute atomic E-state index is 0.487. The minimum atomic E-state index is 0.487. The summed E-state index contributed by atoms with van der Waals surface area (Å²) in [6, 6.07) is 9.76. The Labute approximate surface area is 162 Å². The van der Waals surface area contributed by atoms with E-state index in [9.17, 15) is 0 Å². The molecule has 0 aliphatic carbocycles. The first-order valence-corrected chi connectivity index (χ1v) is 9.07. The average Bonchev–Trinajstić information content (AvgIpc) is 3.21. The molecule has 3 aromatic rings. The van der Waals surface area contributed by atoms with Crippen molar-refractivity contribution in [2.45, 2.75) is 0 Å². The zero-order chi connectivity index (χ0) is 19.4. The first kappa shape index (κ1) is 18.8. The highest BCUT2D eigenvalue weighted by Gasteiger charge is 2.27. The molecular weight excluding hydrogens is 366 g/mol. The molecule has 7 heteroatoms. The van der Waals surface area contributed by atoms with E-state index in [0.29, 0.717) is 23.0 Å². The second-order valence-corrected chi connectivity index (χ2v) is 6.26. The lowest BCUT2D eigenvalue weighted by atomic mass is 10.00. The van der Waals surface area contributed by atoms with Gasteiger partial charge in [0.05, 0.1) is 46.5 Å². The van der Waals surface area contributed by atoms with E-state index in [-0.39, 0.29) is 0 Å². The fourth-order valence-corrected chi connectivity index (χ4v) is 3.73. The zero-order valence-electron chi connectivity index (χ0n) is 15.9. The molecule has 0 saturated heterocycles. The average molecular weight is 388 g/mol. The standard InChI is InChI=1S/C20H21NO5S/c1-22-13-8-6-12(7-9-13)17-15(11-27-21-17)14-10-16(23-2)19(25-4)20(26-5)18(14)24-3/h6-11H,1-5H3/p+1. The van der Waals surface area contributed by atoms with Crippen molar-refractivity contribution < 1.29 is 28.1 Å². The number of methoxy groups -OCH3 is 5. The number of hydrogen-bond acceptors (Lipinski definition) is 6. The van der Waals surface area contributed by atoms with Crippen molar-refractivity contribution in [3.8, 4) is 51.1 Å². The van der Waals surface area contributed by atoms with Gasteiger partial charge < -0.3 is 23.7 Å². The Morgan fingerprint density at radius 1 is 0.704 bits per heavy atom. The molecule has 0 atom stereocenters. The lowest BCUT2D eigenvalue weighted by Crippen LogP contribution is -2.02. The van der Waals surface area contributed by atoms with E-state index in [0.717, 1.165) is 28.1 Å². The van der Waals surface area contributed by atoms with Crippen molar-refractivity contribution >= 4 is 11.5 Å². The number of hydrogen-bond donors (Lipinski definition) is 0. The Bertz CT molecular complexity index is 921. The minimum Gasteiger partial charge on any atom is -0.497 e. The van der Waals surface area contributed by atoms with E-state index < -0.39 is 0 Å². The van der Waals surface area contributed by atoms with E-state index in [1.54, 1.807) is 35.5 Å². The molecule has 0 bridgehead atoms. The molecule has 3 rings (SSSR count). The van der Waals surface area contributed by atoms with Gasteiger partial charge in [0.25, 0.3) is 0 Å². The predicted octanol–water partition coefficient (Wildman–Crippen LogP) is 3.94. The van der Waals surface area contributed by atoms with Crippen molar-refractivity contribution in [3.63, 3.8) is 0 Å². The van der Waals surface area contributed by atoms with Crippen LogP contribution in [0.15, 0.2) is 35.7 Å². The fourth-order valence-electron chi connectivity index (χ4n) is 2.96. The van der Waals surface area contributed by atoms with Gasteiger partial charge in [-0.1, -0.05) is 0 Å². The first-order chi connectivity index (χ1) is 13.2. The number of aromatic amines is 1. The summed E-state index contributed by atoms with van der Waals surface area (Å²) < 4.78 is 30.8. The van der Waals surface area contributed by atoms with Crippen molar-refractivity contribution in [1.29, 1.82) is 0 Å². The summed E-state index contributed by atoms with van der Waals surface area (Å²) in [5.74, 6) is 2.93. The number of nitrogens with one attached hydrogen (secondary N) is 1. The monoisotopic (exact) mass is 388 g/mol. The molecule has 0 aliphatic rings. The molecule has 0 aliphatic heterocycles. The van der Waals surface area contributed by atoms with E-state index in [1.165, 1.54) is 11.5 Å². The second-order valence-electron chi connectivity index (χ2n) is 5.58. The largest absolute Gasteiger partial charge is 0.497 e. The van der Waals surface area contributed by atoms with E-state index in [1.807, 2.05) is 35.7 Å². The van der Waals surface area contributed by atoms with Gasteiger partial charge in [0, 0.05) is 11.1 Å². The zero-order valence-corrected chi connectivity index (χ0v) is 16.7. The van der Waals surface area contributed by atoms with Gasteiger partial charge >= 0.3 is 0 Å². The van der Waals surface area contributed by atoms with E-state index >= 15 is 0 Å². The second kappa shape index (κ2) is 8.18. The molecule has 1 N–H and O–H groups in total. The van der Waals surface area contributed by atoms with Crippen molar-refractivity contribution in [3.05, 3.63) is 35.7 Å². The Kier molecular flexibility index (Phi) is 5.71. The number of rotatable bonds is 7. The first-order valence-electron chi connectivity index (χ1n) is 8.19. The number of aromatic nitrogens is 1. The van der Waals surface area contributed by atoms with Crippen LogP contribution in [0.1, 0.15) is 0 Å². The van der Waals surface area contributed by atoms with Gasteiger partial charge in [0.15, 0.2) is 11.5 Å². The maximum absolute atomic E-state index is 5.67. The molecule has 2 aromatic carbocycles. The highest BCUT2D eigenvalue weighted by molar-refractivity contribution is 6.99. The number of ether oxygens (including phenoxy) is 5. The Morgan fingerprint density at radius 3 is 1.93 bits per heavy atom. The maximum Gasteiger partial charge on any atom is 0.232 e. The molecule has 1 aromatic heterocycles. The van der Waals surface area contributed by atoms with Crippen LogP contribution in [0.4, 0.5) is 0 Å². The van der Waals surface area contributed by atoms with E-state index in [4.69, 9.17) is 23.7 Å². The highest BCUT2D eigenvalue weighted by Crippen LogP contribution is 2.51. The SMILES string of the molecule is COc1ccc(-c2[nH+]scc2-c2cc(OC)c(OC)c(OC)c2OC)cc1. The highest BCUT2D eigenvalue weighted by atomic mass is 32.1. The van der Waals surface area contributed by atoms with Gasteiger partial charge in [0.2, 0.25) is 17.2 Å². The topological polar surface area (TPSA) is 60.3 Å². The summed E-state index contributed by atoms with van der Waals surface area (Å²) in [5.41, 5.74) is 3.81. The smallest absolute Gasteiger partial charge is 0.232 e. The van der Waals surface area contributed by atoms with Crippen LogP contribution in [0.25, 0.3) is 22.4 Å². The molecule has 142 valence electrons. The van der Waals surface area contributed by atoms with Crippen molar-refractivity contribution in [2.75, 3.05) is 35.5 Å². The molecule has 0 radical (unpaired) electrons. The van der Waals surface area contributed by atoms with Gasteiger partial charge in [0.1, 0.15) is 17.3 Å². The molecule has 27 heavy (non-hydrogen) atoms. The summed E-state index contributed by atoms with van der Waals surface area (Å²) in [6.07, 6.45) is 0. The number of H-pyrrole nitrogens is 1. The molecule has 0 spiro atoms.